The van der Waals surface area contributed by atoms with E-state index >= 15 is 0 Å². The molecule has 10 heavy (non-hydrogen) atoms. The second-order valence-electron chi connectivity index (χ2n) is 2.72. The number of hydrogen-bond acceptors (Lipinski definition) is 3. The van der Waals surface area contributed by atoms with Gasteiger partial charge in [0.05, 0.1) is 0 Å². The lowest BCUT2D eigenvalue weighted by Crippen LogP contribution is -2.39. The summed E-state index contributed by atoms with van der Waals surface area (Å²) in [5.74, 6) is 0. The number of nitrogens with one attached hydrogen (secondary N) is 1. The molecule has 0 spiro atoms. The minimum atomic E-state index is 0.242. The van der Waals surface area contributed by atoms with E-state index < -0.39 is 0 Å². The second kappa shape index (κ2) is 5.65. The van der Waals surface area contributed by atoms with Gasteiger partial charge in [0.1, 0.15) is 0 Å². The van der Waals surface area contributed by atoms with Crippen LogP contribution < -0.4 is 11.1 Å². The van der Waals surface area contributed by atoms with Crippen molar-refractivity contribution in [2.75, 3.05) is 13.2 Å². The van der Waals surface area contributed by atoms with Gasteiger partial charge in [-0.25, -0.2) is 0 Å². The fourth-order valence-electron chi connectivity index (χ4n) is 0.831. The third kappa shape index (κ3) is 4.73. The minimum Gasteiger partial charge on any atom is -0.396 e. The predicted molar refractivity (Wildman–Crippen MR) is 42.8 cm³/mol. The molecule has 0 amide bonds. The fourth-order valence-corrected chi connectivity index (χ4v) is 0.831. The average molecular weight is 146 g/mol. The summed E-state index contributed by atoms with van der Waals surface area (Å²) in [5, 5.41) is 11.8. The molecule has 3 heteroatoms. The van der Waals surface area contributed by atoms with Crippen LogP contribution in [0, 0.1) is 0 Å². The molecule has 0 aromatic carbocycles. The van der Waals surface area contributed by atoms with E-state index in [9.17, 15) is 0 Å². The lowest BCUT2D eigenvalue weighted by Gasteiger charge is -2.17. The lowest BCUT2D eigenvalue weighted by atomic mass is 10.2. The van der Waals surface area contributed by atoms with Gasteiger partial charge in [0.15, 0.2) is 0 Å². The smallest absolute Gasteiger partial charge is 0.0445 e. The molecule has 62 valence electrons. The highest BCUT2D eigenvalue weighted by Gasteiger charge is 2.03. The molecule has 0 bridgehead atoms. The highest BCUT2D eigenvalue weighted by Crippen LogP contribution is 1.90. The summed E-state index contributed by atoms with van der Waals surface area (Å²) >= 11 is 0. The largest absolute Gasteiger partial charge is 0.396 e. The summed E-state index contributed by atoms with van der Waals surface area (Å²) in [6.07, 6.45) is 0.796. The van der Waals surface area contributed by atoms with Crippen molar-refractivity contribution in [3.63, 3.8) is 0 Å². The van der Waals surface area contributed by atoms with E-state index in [1.165, 1.54) is 0 Å². The first-order chi connectivity index (χ1) is 4.70. The maximum atomic E-state index is 8.55. The Bertz CT molecular complexity index is 78.0. The van der Waals surface area contributed by atoms with Gasteiger partial charge in [0.25, 0.3) is 0 Å². The van der Waals surface area contributed by atoms with E-state index in [1.807, 2.05) is 13.8 Å². The number of nitrogens with two attached hydrogens (primary N) is 1. The Hall–Kier alpha value is -0.120. The fraction of sp³-hybridized carbons (Fsp3) is 1.00. The number of rotatable bonds is 5. The summed E-state index contributed by atoms with van der Waals surface area (Å²) in [6.45, 7) is 4.97. The first-order valence-corrected chi connectivity index (χ1v) is 3.77. The van der Waals surface area contributed by atoms with Crippen molar-refractivity contribution in [2.24, 2.45) is 5.73 Å². The second-order valence-corrected chi connectivity index (χ2v) is 2.72. The zero-order chi connectivity index (χ0) is 7.98. The summed E-state index contributed by atoms with van der Waals surface area (Å²) in [5.41, 5.74) is 5.39. The van der Waals surface area contributed by atoms with Crippen molar-refractivity contribution in [3.05, 3.63) is 0 Å². The maximum Gasteiger partial charge on any atom is 0.0445 e. The first kappa shape index (κ1) is 9.88. The Kier molecular flexibility index (Phi) is 5.58. The third-order valence-corrected chi connectivity index (χ3v) is 1.48. The topological polar surface area (TPSA) is 58.3 Å². The minimum absolute atomic E-state index is 0.242. The standard InChI is InChI=1S/C7H18N2O/c1-6(3-4-10)9-7(2)5-8/h6-7,9-10H,3-5,8H2,1-2H3. The van der Waals surface area contributed by atoms with Crippen molar-refractivity contribution in [2.45, 2.75) is 32.4 Å². The molecule has 0 heterocycles. The predicted octanol–water partition coefficient (Wildman–Crippen LogP) is -0.306. The van der Waals surface area contributed by atoms with Gasteiger partial charge < -0.3 is 16.2 Å². The van der Waals surface area contributed by atoms with Gasteiger partial charge in [-0.15, -0.1) is 0 Å². The highest BCUT2D eigenvalue weighted by molar-refractivity contribution is 4.66. The molecule has 2 atom stereocenters. The monoisotopic (exact) mass is 146 g/mol. The molecule has 0 aliphatic carbocycles. The van der Waals surface area contributed by atoms with E-state index in [-0.39, 0.29) is 6.61 Å². The Balaban J connectivity index is 3.27. The van der Waals surface area contributed by atoms with Crippen LogP contribution in [-0.4, -0.2) is 30.3 Å². The van der Waals surface area contributed by atoms with E-state index in [2.05, 4.69) is 5.32 Å². The first-order valence-electron chi connectivity index (χ1n) is 3.77. The average Bonchev–Trinajstić information content (AvgIpc) is 1.88. The van der Waals surface area contributed by atoms with E-state index in [4.69, 9.17) is 10.8 Å². The van der Waals surface area contributed by atoms with Crippen LogP contribution in [0.3, 0.4) is 0 Å². The Morgan fingerprint density at radius 3 is 2.40 bits per heavy atom. The van der Waals surface area contributed by atoms with Crippen molar-refractivity contribution < 1.29 is 5.11 Å². The molecular formula is C7H18N2O. The van der Waals surface area contributed by atoms with Crippen molar-refractivity contribution in [1.29, 1.82) is 0 Å². The van der Waals surface area contributed by atoms with Crippen LogP contribution in [0.15, 0.2) is 0 Å². The molecule has 3 nitrogen and oxygen atoms in total. The van der Waals surface area contributed by atoms with Gasteiger partial charge in [0.2, 0.25) is 0 Å². The van der Waals surface area contributed by atoms with E-state index in [0.717, 1.165) is 6.42 Å². The Morgan fingerprint density at radius 1 is 1.40 bits per heavy atom. The summed E-state index contributed by atoms with van der Waals surface area (Å²) < 4.78 is 0. The Labute approximate surface area is 62.6 Å². The molecule has 0 radical (unpaired) electrons. The molecule has 0 saturated heterocycles. The molecule has 0 aromatic heterocycles. The molecule has 4 N–H and O–H groups in total. The quantitative estimate of drug-likeness (QED) is 0.499. The van der Waals surface area contributed by atoms with Crippen LogP contribution in [0.2, 0.25) is 0 Å². The van der Waals surface area contributed by atoms with Gasteiger partial charge in [-0.05, 0) is 20.3 Å². The zero-order valence-corrected chi connectivity index (χ0v) is 6.80. The van der Waals surface area contributed by atoms with Gasteiger partial charge in [-0.1, -0.05) is 0 Å². The normalized spacial score (nSPS) is 16.8. The van der Waals surface area contributed by atoms with Crippen molar-refractivity contribution >= 4 is 0 Å². The van der Waals surface area contributed by atoms with Crippen LogP contribution in [0.1, 0.15) is 20.3 Å². The molecule has 0 rings (SSSR count). The van der Waals surface area contributed by atoms with Gasteiger partial charge in [0, 0.05) is 25.2 Å². The van der Waals surface area contributed by atoms with Gasteiger partial charge in [-0.3, -0.25) is 0 Å². The van der Waals surface area contributed by atoms with Crippen molar-refractivity contribution in [3.8, 4) is 0 Å². The Morgan fingerprint density at radius 2 is 2.00 bits per heavy atom. The van der Waals surface area contributed by atoms with Crippen molar-refractivity contribution in [1.82, 2.24) is 5.32 Å². The summed E-state index contributed by atoms with van der Waals surface area (Å²) in [4.78, 5) is 0. The molecule has 0 aliphatic heterocycles. The molecule has 0 aromatic rings. The molecule has 2 unspecified atom stereocenters. The van der Waals surface area contributed by atoms with Crippen LogP contribution in [-0.2, 0) is 0 Å². The highest BCUT2D eigenvalue weighted by atomic mass is 16.3. The SMILES string of the molecule is CC(CN)NC(C)CCO. The summed E-state index contributed by atoms with van der Waals surface area (Å²) in [7, 11) is 0. The van der Waals surface area contributed by atoms with Crippen LogP contribution >= 0.6 is 0 Å². The summed E-state index contributed by atoms with van der Waals surface area (Å²) in [6, 6.07) is 0.713. The van der Waals surface area contributed by atoms with Crippen LogP contribution in [0.5, 0.6) is 0 Å². The maximum absolute atomic E-state index is 8.55. The molecule has 0 saturated carbocycles. The lowest BCUT2D eigenvalue weighted by molar-refractivity contribution is 0.264. The van der Waals surface area contributed by atoms with Crippen LogP contribution in [0.4, 0.5) is 0 Å². The zero-order valence-electron chi connectivity index (χ0n) is 6.80. The van der Waals surface area contributed by atoms with Gasteiger partial charge in [-0.2, -0.15) is 0 Å². The molecule has 0 fully saturated rings. The molecule has 0 aliphatic rings. The number of aliphatic hydroxyl groups is 1. The van der Waals surface area contributed by atoms with Crippen LogP contribution in [0.25, 0.3) is 0 Å². The third-order valence-electron chi connectivity index (χ3n) is 1.48. The van der Waals surface area contributed by atoms with Gasteiger partial charge >= 0.3 is 0 Å². The number of hydrogen-bond donors (Lipinski definition) is 3. The van der Waals surface area contributed by atoms with E-state index in [0.29, 0.717) is 18.6 Å². The van der Waals surface area contributed by atoms with E-state index in [1.54, 1.807) is 0 Å². The number of aliphatic hydroxyl groups excluding tert-OH is 1. The molecular weight excluding hydrogens is 128 g/mol.